The summed E-state index contributed by atoms with van der Waals surface area (Å²) in [6.07, 6.45) is 0.906. The number of hydrogen-bond acceptors (Lipinski definition) is 4. The minimum absolute atomic E-state index is 0. The molecule has 28 heavy (non-hydrogen) atoms. The van der Waals surface area contributed by atoms with E-state index in [1.165, 1.54) is 0 Å². The van der Waals surface area contributed by atoms with E-state index < -0.39 is 0 Å². The van der Waals surface area contributed by atoms with Gasteiger partial charge >= 0.3 is 22.4 Å². The molecular weight excluding hydrogens is 539 g/mol. The summed E-state index contributed by atoms with van der Waals surface area (Å²) in [5, 5.41) is 0.886. The Labute approximate surface area is 181 Å². The SMILES string of the molecule is CCCOc1c[c-]ccc1-c1cc(=O)[nH]c2cc3c(cc12)OCCO3.[Au+3].[CH3-].[CH3-]. The average Bonchev–Trinajstić information content (AvgIpc) is 2.64. The van der Waals surface area contributed by atoms with Gasteiger partial charge in [-0.15, -0.1) is 6.07 Å². The van der Waals surface area contributed by atoms with Crippen molar-refractivity contribution in [3.63, 3.8) is 0 Å². The average molecular weight is 563 g/mol. The monoisotopic (exact) mass is 563 g/mol. The Balaban J connectivity index is 0.00000131. The van der Waals surface area contributed by atoms with Crippen molar-refractivity contribution in [3.8, 4) is 28.4 Å². The number of pyridine rings is 1. The summed E-state index contributed by atoms with van der Waals surface area (Å²) < 4.78 is 17.2. The Morgan fingerprint density at radius 2 is 1.82 bits per heavy atom. The van der Waals surface area contributed by atoms with Crippen LogP contribution in [0, 0.1) is 20.9 Å². The molecule has 0 fully saturated rings. The summed E-state index contributed by atoms with van der Waals surface area (Å²) in [7, 11) is 0. The summed E-state index contributed by atoms with van der Waals surface area (Å²) in [5.74, 6) is 2.05. The number of aromatic amines is 1. The molecule has 0 amide bonds. The molecule has 0 aliphatic carbocycles. The van der Waals surface area contributed by atoms with Gasteiger partial charge in [-0.3, -0.25) is 4.79 Å². The number of H-pyrrole nitrogens is 1. The third-order valence-electron chi connectivity index (χ3n) is 4.08. The van der Waals surface area contributed by atoms with E-state index in [0.717, 1.165) is 22.9 Å². The summed E-state index contributed by atoms with van der Waals surface area (Å²) >= 11 is 0. The quantitative estimate of drug-likeness (QED) is 0.377. The zero-order valence-corrected chi connectivity index (χ0v) is 18.4. The number of rotatable bonds is 4. The molecule has 1 N–H and O–H groups in total. The molecule has 152 valence electrons. The number of nitrogens with one attached hydrogen (secondary N) is 1. The van der Waals surface area contributed by atoms with Gasteiger partial charge in [-0.05, 0) is 18.1 Å². The fraction of sp³-hybridized carbons (Fsp3) is 0.227. The second-order valence-electron chi connectivity index (χ2n) is 5.86. The normalized spacial score (nSPS) is 11.6. The molecule has 5 nitrogen and oxygen atoms in total. The Morgan fingerprint density at radius 3 is 2.54 bits per heavy atom. The van der Waals surface area contributed by atoms with Crippen molar-refractivity contribution in [2.75, 3.05) is 19.8 Å². The van der Waals surface area contributed by atoms with Gasteiger partial charge in [0.15, 0.2) is 11.5 Å². The maximum atomic E-state index is 12.2. The van der Waals surface area contributed by atoms with Crippen LogP contribution in [-0.4, -0.2) is 24.8 Å². The van der Waals surface area contributed by atoms with Crippen molar-refractivity contribution in [1.29, 1.82) is 0 Å². The molecule has 0 spiro atoms. The van der Waals surface area contributed by atoms with Crippen molar-refractivity contribution in [2.45, 2.75) is 13.3 Å². The van der Waals surface area contributed by atoms with Crippen molar-refractivity contribution >= 4 is 10.9 Å². The maximum absolute atomic E-state index is 12.2. The maximum Gasteiger partial charge on any atom is 3.00 e. The Bertz CT molecular complexity index is 984. The number of benzene rings is 2. The van der Waals surface area contributed by atoms with E-state index in [1.54, 1.807) is 12.1 Å². The summed E-state index contributed by atoms with van der Waals surface area (Å²) in [6, 6.07) is 13.9. The molecule has 4 rings (SSSR count). The molecule has 0 saturated heterocycles. The predicted octanol–water partition coefficient (Wildman–Crippen LogP) is 4.45. The van der Waals surface area contributed by atoms with Crippen LogP contribution >= 0.6 is 0 Å². The molecule has 2 heterocycles. The first-order valence-corrected chi connectivity index (χ1v) is 8.36. The Hall–Kier alpha value is -2.21. The molecular formula is C22H24AuNO4. The van der Waals surface area contributed by atoms with Gasteiger partial charge in [0.25, 0.3) is 0 Å². The van der Waals surface area contributed by atoms with Crippen molar-refractivity contribution in [3.05, 3.63) is 67.7 Å². The van der Waals surface area contributed by atoms with Gasteiger partial charge in [-0.25, -0.2) is 0 Å². The van der Waals surface area contributed by atoms with E-state index in [0.29, 0.717) is 42.6 Å². The van der Waals surface area contributed by atoms with Crippen LogP contribution < -0.4 is 19.8 Å². The van der Waals surface area contributed by atoms with E-state index in [-0.39, 0.29) is 42.8 Å². The third kappa shape index (κ3) is 4.61. The summed E-state index contributed by atoms with van der Waals surface area (Å²) in [5.41, 5.74) is 2.20. The molecule has 1 aliphatic rings. The van der Waals surface area contributed by atoms with E-state index in [9.17, 15) is 4.79 Å². The van der Waals surface area contributed by atoms with E-state index in [4.69, 9.17) is 14.2 Å². The third-order valence-corrected chi connectivity index (χ3v) is 4.08. The van der Waals surface area contributed by atoms with E-state index in [2.05, 4.69) is 18.0 Å². The fourth-order valence-corrected chi connectivity index (χ4v) is 2.98. The molecule has 0 bridgehead atoms. The number of ether oxygens (including phenoxy) is 3. The zero-order valence-electron chi connectivity index (χ0n) is 16.2. The van der Waals surface area contributed by atoms with Crippen molar-refractivity contribution in [1.82, 2.24) is 4.98 Å². The van der Waals surface area contributed by atoms with Crippen LogP contribution in [0.25, 0.3) is 22.0 Å². The van der Waals surface area contributed by atoms with Crippen LogP contribution in [0.2, 0.25) is 0 Å². The molecule has 3 aromatic rings. The van der Waals surface area contributed by atoms with Crippen LogP contribution in [0.4, 0.5) is 0 Å². The summed E-state index contributed by atoms with van der Waals surface area (Å²) in [4.78, 5) is 15.1. The van der Waals surface area contributed by atoms with Crippen LogP contribution in [0.15, 0.2) is 41.2 Å². The van der Waals surface area contributed by atoms with Crippen LogP contribution in [0.1, 0.15) is 13.3 Å². The van der Waals surface area contributed by atoms with Gasteiger partial charge in [-0.2, -0.15) is 18.2 Å². The second kappa shape index (κ2) is 10.4. The largest absolute Gasteiger partial charge is 3.00 e. The van der Waals surface area contributed by atoms with Gasteiger partial charge in [0, 0.05) is 23.3 Å². The first kappa shape index (κ1) is 23.8. The summed E-state index contributed by atoms with van der Waals surface area (Å²) in [6.45, 7) is 3.69. The molecule has 0 unspecified atom stereocenters. The minimum Gasteiger partial charge on any atom is -0.550 e. The van der Waals surface area contributed by atoms with Crippen molar-refractivity contribution in [2.24, 2.45) is 0 Å². The number of fused-ring (bicyclic) bond motifs is 2. The Kier molecular flexibility index (Phi) is 8.82. The van der Waals surface area contributed by atoms with Crippen molar-refractivity contribution < 1.29 is 36.6 Å². The molecule has 1 aromatic heterocycles. The van der Waals surface area contributed by atoms with Gasteiger partial charge < -0.3 is 34.0 Å². The Morgan fingerprint density at radius 1 is 1.11 bits per heavy atom. The van der Waals surface area contributed by atoms with Gasteiger partial charge in [0.05, 0.1) is 12.1 Å². The first-order chi connectivity index (χ1) is 12.3. The second-order valence-corrected chi connectivity index (χ2v) is 5.86. The first-order valence-electron chi connectivity index (χ1n) is 8.36. The minimum atomic E-state index is -0.173. The topological polar surface area (TPSA) is 60.6 Å². The molecule has 2 aromatic carbocycles. The van der Waals surface area contributed by atoms with Crippen LogP contribution in [0.3, 0.4) is 0 Å². The zero-order chi connectivity index (χ0) is 17.2. The van der Waals surface area contributed by atoms with E-state index in [1.807, 2.05) is 24.3 Å². The molecule has 6 heteroatoms. The smallest absolute Gasteiger partial charge is 0.550 e. The number of hydrogen-bond donors (Lipinski definition) is 1. The fourth-order valence-electron chi connectivity index (χ4n) is 2.98. The van der Waals surface area contributed by atoms with Gasteiger partial charge in [0.1, 0.15) is 13.2 Å². The molecule has 1 aliphatic heterocycles. The molecule has 0 saturated carbocycles. The standard InChI is InChI=1S/C20H18NO4.2CH3.Au/c1-2-7-23-17-6-4-3-5-13(17)14-11-20(22)21-16-12-19-18(10-15(14)16)24-8-9-25-19;;;/h3,5-6,10-12H,2,7-9H2,1H3,(H,21,22);2*1H3;/q3*-1;+3. The van der Waals surface area contributed by atoms with Crippen LogP contribution in [0.5, 0.6) is 17.2 Å². The van der Waals surface area contributed by atoms with Gasteiger partial charge in [-0.1, -0.05) is 12.5 Å². The van der Waals surface area contributed by atoms with Crippen LogP contribution in [-0.2, 0) is 22.4 Å². The van der Waals surface area contributed by atoms with E-state index >= 15 is 0 Å². The molecule has 0 radical (unpaired) electrons. The van der Waals surface area contributed by atoms with Gasteiger partial charge in [0.2, 0.25) is 5.56 Å². The number of aromatic nitrogens is 1. The molecule has 0 atom stereocenters. The predicted molar refractivity (Wildman–Crippen MR) is 108 cm³/mol.